The Kier molecular flexibility index (Phi) is 3.91. The normalized spacial score (nSPS) is 12.1. The summed E-state index contributed by atoms with van der Waals surface area (Å²) in [6.45, 7) is 6.54. The summed E-state index contributed by atoms with van der Waals surface area (Å²) >= 11 is 0. The summed E-state index contributed by atoms with van der Waals surface area (Å²) in [5.41, 5.74) is 1.41. The first-order chi connectivity index (χ1) is 7.97. The lowest BCUT2D eigenvalue weighted by atomic mass is 10.3. The zero-order valence-electron chi connectivity index (χ0n) is 8.57. The van der Waals surface area contributed by atoms with Crippen molar-refractivity contribution >= 4 is 18.4 Å². The maximum atomic E-state index is 12.4. The van der Waals surface area contributed by atoms with Gasteiger partial charge in [-0.1, -0.05) is 6.58 Å². The number of hydrazone groups is 1. The quantitative estimate of drug-likeness (QED) is 0.501. The second-order valence-electron chi connectivity index (χ2n) is 2.77. The second kappa shape index (κ2) is 5.19. The Hall–Kier alpha value is -2.25. The number of nitrogens with zero attached hydrogens (tertiary/aromatic N) is 4. The van der Waals surface area contributed by atoms with Crippen LogP contribution < -0.4 is 5.43 Å². The van der Waals surface area contributed by atoms with Crippen molar-refractivity contribution in [1.82, 2.24) is 15.6 Å². The van der Waals surface area contributed by atoms with Gasteiger partial charge in [0.05, 0.1) is 11.8 Å². The van der Waals surface area contributed by atoms with Crippen molar-refractivity contribution in [2.24, 2.45) is 10.1 Å². The molecule has 1 aromatic heterocycles. The van der Waals surface area contributed by atoms with Gasteiger partial charge in [-0.05, 0) is 12.1 Å². The van der Waals surface area contributed by atoms with Crippen LogP contribution in [0, 0.1) is 0 Å². The molecule has 5 nitrogen and oxygen atoms in total. The molecule has 0 aliphatic heterocycles. The molecule has 1 rings (SSSR count). The minimum absolute atomic E-state index is 0.119. The lowest BCUT2D eigenvalue weighted by Crippen LogP contribution is -2.13. The van der Waals surface area contributed by atoms with Gasteiger partial charge in [0.15, 0.2) is 5.82 Å². The summed E-state index contributed by atoms with van der Waals surface area (Å²) in [5, 5.41) is 9.95. The van der Waals surface area contributed by atoms with Gasteiger partial charge < -0.3 is 0 Å². The monoisotopic (exact) mass is 243 g/mol. The van der Waals surface area contributed by atoms with Gasteiger partial charge in [0.1, 0.15) is 5.84 Å². The Bertz CT molecular complexity index is 452. The molecule has 0 saturated carbocycles. The molecule has 90 valence electrons. The van der Waals surface area contributed by atoms with Crippen molar-refractivity contribution < 1.29 is 13.2 Å². The van der Waals surface area contributed by atoms with Crippen molar-refractivity contribution in [1.29, 1.82) is 0 Å². The maximum Gasteiger partial charge on any atom is 0.418 e. The van der Waals surface area contributed by atoms with E-state index in [0.29, 0.717) is 6.20 Å². The Morgan fingerprint density at radius 1 is 1.47 bits per heavy atom. The molecule has 0 bridgehead atoms. The molecule has 8 heteroatoms. The standard InChI is InChI=1S/C9H8F3N5/c1-3-7(16-13-2)15-8-4-6(5-14-17-8)9(10,11)12/h3-5H,1-2H2,(H,15,16,17). The summed E-state index contributed by atoms with van der Waals surface area (Å²) in [7, 11) is 0. The zero-order valence-corrected chi connectivity index (χ0v) is 8.57. The van der Waals surface area contributed by atoms with Crippen LogP contribution in [-0.4, -0.2) is 22.8 Å². The fourth-order valence-electron chi connectivity index (χ4n) is 0.886. The molecule has 0 unspecified atom stereocenters. The first-order valence-corrected chi connectivity index (χ1v) is 4.30. The highest BCUT2D eigenvalue weighted by atomic mass is 19.4. The summed E-state index contributed by atoms with van der Waals surface area (Å²) in [6, 6.07) is 0.765. The van der Waals surface area contributed by atoms with Gasteiger partial charge >= 0.3 is 6.18 Å². The van der Waals surface area contributed by atoms with Crippen LogP contribution in [0.4, 0.5) is 19.0 Å². The number of rotatable bonds is 3. The van der Waals surface area contributed by atoms with Gasteiger partial charge in [-0.2, -0.15) is 23.4 Å². The number of aromatic nitrogens is 2. The number of aliphatic imine (C=N–C) groups is 1. The highest BCUT2D eigenvalue weighted by Crippen LogP contribution is 2.29. The average Bonchev–Trinajstić information content (AvgIpc) is 2.28. The van der Waals surface area contributed by atoms with Crippen molar-refractivity contribution in [3.63, 3.8) is 0 Å². The van der Waals surface area contributed by atoms with Crippen LogP contribution in [0.1, 0.15) is 5.56 Å². The lowest BCUT2D eigenvalue weighted by Gasteiger charge is -2.05. The third kappa shape index (κ3) is 3.67. The van der Waals surface area contributed by atoms with Crippen LogP contribution in [0.25, 0.3) is 0 Å². The van der Waals surface area contributed by atoms with Crippen LogP contribution in [0.5, 0.6) is 0 Å². The largest absolute Gasteiger partial charge is 0.418 e. The van der Waals surface area contributed by atoms with Gasteiger partial charge in [0.2, 0.25) is 0 Å². The third-order valence-electron chi connectivity index (χ3n) is 1.59. The molecule has 0 amide bonds. The van der Waals surface area contributed by atoms with E-state index in [9.17, 15) is 13.2 Å². The van der Waals surface area contributed by atoms with E-state index in [1.165, 1.54) is 6.08 Å². The van der Waals surface area contributed by atoms with E-state index in [0.717, 1.165) is 6.07 Å². The Morgan fingerprint density at radius 2 is 2.18 bits per heavy atom. The minimum atomic E-state index is -4.49. The van der Waals surface area contributed by atoms with Crippen LogP contribution in [0.2, 0.25) is 0 Å². The van der Waals surface area contributed by atoms with E-state index in [2.05, 4.69) is 39.0 Å². The van der Waals surface area contributed by atoms with E-state index >= 15 is 0 Å². The van der Waals surface area contributed by atoms with Crippen molar-refractivity contribution in [3.8, 4) is 0 Å². The number of hydrogen-bond donors (Lipinski definition) is 1. The molecule has 0 saturated heterocycles. The van der Waals surface area contributed by atoms with E-state index < -0.39 is 11.7 Å². The molecule has 0 radical (unpaired) electrons. The molecule has 0 aliphatic rings. The summed E-state index contributed by atoms with van der Waals surface area (Å²) in [6.07, 6.45) is -2.61. The van der Waals surface area contributed by atoms with Crippen molar-refractivity contribution in [2.75, 3.05) is 0 Å². The Morgan fingerprint density at radius 3 is 2.71 bits per heavy atom. The predicted octanol–water partition coefficient (Wildman–Crippen LogP) is 1.92. The number of hydrogen-bond acceptors (Lipinski definition) is 4. The van der Waals surface area contributed by atoms with E-state index in [4.69, 9.17) is 0 Å². The zero-order chi connectivity index (χ0) is 12.9. The van der Waals surface area contributed by atoms with Crippen LogP contribution in [-0.2, 0) is 6.18 Å². The number of alkyl halides is 3. The smallest absolute Gasteiger partial charge is 0.262 e. The van der Waals surface area contributed by atoms with Gasteiger partial charge in [0, 0.05) is 6.72 Å². The first-order valence-electron chi connectivity index (χ1n) is 4.30. The van der Waals surface area contributed by atoms with Crippen LogP contribution >= 0.6 is 0 Å². The van der Waals surface area contributed by atoms with Gasteiger partial charge in [-0.15, -0.1) is 5.10 Å². The molecule has 0 spiro atoms. The van der Waals surface area contributed by atoms with Crippen molar-refractivity contribution in [3.05, 3.63) is 30.5 Å². The molecule has 0 fully saturated rings. The van der Waals surface area contributed by atoms with E-state index in [1.807, 2.05) is 0 Å². The van der Waals surface area contributed by atoms with Crippen LogP contribution in [0.3, 0.4) is 0 Å². The molecule has 1 N–H and O–H groups in total. The molecule has 1 aromatic rings. The third-order valence-corrected chi connectivity index (χ3v) is 1.59. The molecular weight excluding hydrogens is 235 g/mol. The highest BCUT2D eigenvalue weighted by molar-refractivity contribution is 5.93. The van der Waals surface area contributed by atoms with E-state index in [-0.39, 0.29) is 11.7 Å². The van der Waals surface area contributed by atoms with E-state index in [1.54, 1.807) is 0 Å². The Labute approximate surface area is 94.8 Å². The SMILES string of the molecule is C=CC(=Nc1cc(C(F)(F)F)cnn1)NN=C. The average molecular weight is 243 g/mol. The summed E-state index contributed by atoms with van der Waals surface area (Å²) < 4.78 is 37.1. The molecular formula is C9H8F3N5. The fraction of sp³-hybridized carbons (Fsp3) is 0.111. The van der Waals surface area contributed by atoms with Gasteiger partial charge in [-0.3, -0.25) is 5.43 Å². The number of nitrogens with one attached hydrogen (secondary N) is 1. The van der Waals surface area contributed by atoms with Gasteiger partial charge in [-0.25, -0.2) is 4.99 Å². The van der Waals surface area contributed by atoms with Gasteiger partial charge in [0.25, 0.3) is 0 Å². The molecule has 0 aromatic carbocycles. The molecule has 1 heterocycles. The number of amidine groups is 1. The first kappa shape index (κ1) is 12.8. The maximum absolute atomic E-state index is 12.4. The lowest BCUT2D eigenvalue weighted by molar-refractivity contribution is -0.137. The van der Waals surface area contributed by atoms with Crippen LogP contribution in [0.15, 0.2) is 35.0 Å². The number of halogens is 3. The molecule has 0 aliphatic carbocycles. The summed E-state index contributed by atoms with van der Waals surface area (Å²) in [5.74, 6) is -0.0838. The highest BCUT2D eigenvalue weighted by Gasteiger charge is 2.31. The second-order valence-corrected chi connectivity index (χ2v) is 2.77. The summed E-state index contributed by atoms with van der Waals surface area (Å²) in [4.78, 5) is 3.72. The molecule has 0 atom stereocenters. The van der Waals surface area contributed by atoms with Crippen molar-refractivity contribution in [2.45, 2.75) is 6.18 Å². The topological polar surface area (TPSA) is 62.5 Å². The Balaban J connectivity index is 3.07. The fourth-order valence-corrected chi connectivity index (χ4v) is 0.886. The molecule has 17 heavy (non-hydrogen) atoms. The minimum Gasteiger partial charge on any atom is -0.262 e. The predicted molar refractivity (Wildman–Crippen MR) is 57.0 cm³/mol.